The average Bonchev–Trinajstić information content (AvgIpc) is 3.35. The maximum atomic E-state index is 15.0. The Hall–Kier alpha value is -4.40. The third-order valence-electron chi connectivity index (χ3n) is 9.74. The predicted octanol–water partition coefficient (Wildman–Crippen LogP) is 3.68. The van der Waals surface area contributed by atoms with Gasteiger partial charge in [0.1, 0.15) is 28.8 Å². The minimum Gasteiger partial charge on any atom is -0.493 e. The largest absolute Gasteiger partial charge is 0.493 e. The first kappa shape index (κ1) is 34.1. The van der Waals surface area contributed by atoms with Crippen LogP contribution < -0.4 is 15.6 Å². The van der Waals surface area contributed by atoms with Crippen molar-refractivity contribution in [2.75, 3.05) is 39.5 Å². The molecule has 7 rings (SSSR count). The van der Waals surface area contributed by atoms with Crippen LogP contribution in [0.15, 0.2) is 41.2 Å². The number of hydrogen-bond donors (Lipinski definition) is 2. The number of nitrogens with zero attached hydrogens (tertiary/aromatic N) is 3. The molecule has 1 unspecified atom stereocenters. The fourth-order valence-electron chi connectivity index (χ4n) is 6.92. The number of hydrogen-bond acceptors (Lipinski definition) is 10. The first-order valence-corrected chi connectivity index (χ1v) is 18.1. The second-order valence-electron chi connectivity index (χ2n) is 13.1. The van der Waals surface area contributed by atoms with E-state index in [1.165, 1.54) is 6.07 Å². The highest BCUT2D eigenvalue weighted by Gasteiger charge is 2.44. The molecule has 1 aromatic heterocycles. The van der Waals surface area contributed by atoms with E-state index in [0.717, 1.165) is 62.4 Å². The number of carbonyl (C=O) groups excluding carboxylic acids is 4. The van der Waals surface area contributed by atoms with Crippen molar-refractivity contribution < 1.29 is 33.0 Å². The van der Waals surface area contributed by atoms with E-state index in [1.54, 1.807) is 36.0 Å². The van der Waals surface area contributed by atoms with E-state index in [-0.39, 0.29) is 29.4 Å². The summed E-state index contributed by atoms with van der Waals surface area (Å²) < 4.78 is 26.4. The summed E-state index contributed by atoms with van der Waals surface area (Å²) in [5, 5.41) is 2.59. The van der Waals surface area contributed by atoms with Crippen LogP contribution in [0.1, 0.15) is 70.6 Å². The summed E-state index contributed by atoms with van der Waals surface area (Å²) in [4.78, 5) is 73.1. The molecule has 2 N–H and O–H groups in total. The molecule has 12 nitrogen and oxygen atoms in total. The van der Waals surface area contributed by atoms with Crippen molar-refractivity contribution in [3.63, 3.8) is 0 Å². The van der Waals surface area contributed by atoms with Crippen LogP contribution in [-0.2, 0) is 20.1 Å². The van der Waals surface area contributed by atoms with E-state index in [9.17, 15) is 28.4 Å². The highest BCUT2D eigenvalue weighted by molar-refractivity contribution is 7.99. The Morgan fingerprint density at radius 2 is 1.76 bits per heavy atom. The number of aromatic amines is 1. The molecule has 0 saturated carbocycles. The van der Waals surface area contributed by atoms with Gasteiger partial charge in [-0.1, -0.05) is 18.2 Å². The number of rotatable bonds is 10. The lowest BCUT2D eigenvalue weighted by Gasteiger charge is -2.31. The molecule has 3 fully saturated rings. The molecule has 4 amide bonds. The van der Waals surface area contributed by atoms with Crippen molar-refractivity contribution in [1.82, 2.24) is 25.1 Å². The highest BCUT2D eigenvalue weighted by Crippen LogP contribution is 2.30. The number of likely N-dealkylation sites (tertiary alicyclic amines) is 1. The number of H-pyrrole nitrogens is 1. The Balaban J connectivity index is 0.895. The first-order valence-electron chi connectivity index (χ1n) is 17.0. The zero-order valence-corrected chi connectivity index (χ0v) is 28.3. The molecule has 1 atom stereocenters. The number of thioether (sulfide) groups is 1. The molecule has 14 heteroatoms. The smallest absolute Gasteiger partial charge is 0.262 e. The van der Waals surface area contributed by atoms with Gasteiger partial charge < -0.3 is 14.5 Å². The molecular weight excluding hydrogens is 665 g/mol. The van der Waals surface area contributed by atoms with Gasteiger partial charge in [0.05, 0.1) is 29.0 Å². The highest BCUT2D eigenvalue weighted by atomic mass is 32.2. The molecule has 0 spiro atoms. The Morgan fingerprint density at radius 3 is 2.54 bits per heavy atom. The van der Waals surface area contributed by atoms with Gasteiger partial charge in [-0.3, -0.25) is 39.1 Å². The van der Waals surface area contributed by atoms with Crippen LogP contribution in [0.25, 0.3) is 17.0 Å². The summed E-state index contributed by atoms with van der Waals surface area (Å²) in [6.07, 6.45) is 7.84. The third kappa shape index (κ3) is 7.37. The van der Waals surface area contributed by atoms with Crippen LogP contribution in [0.4, 0.5) is 4.39 Å². The Labute approximate surface area is 291 Å². The summed E-state index contributed by atoms with van der Waals surface area (Å²) in [7, 11) is 0. The number of imide groups is 2. The second kappa shape index (κ2) is 14.8. The molecule has 50 heavy (non-hydrogen) atoms. The van der Waals surface area contributed by atoms with E-state index < -0.39 is 41.0 Å². The maximum Gasteiger partial charge on any atom is 0.262 e. The SMILES string of the molecule is O=C1CCC(N2C(=O)c3ccc(/C=C/CN4CCC(COc5cc(F)c6c(=O)[nH]c(CSC7CCOCC7)nc6c5)CC4)cc3C2=O)C(=O)N1. The second-order valence-corrected chi connectivity index (χ2v) is 14.4. The van der Waals surface area contributed by atoms with Gasteiger partial charge in [-0.25, -0.2) is 9.37 Å². The van der Waals surface area contributed by atoms with E-state index >= 15 is 0 Å². The molecule has 4 aliphatic rings. The number of aromatic nitrogens is 2. The van der Waals surface area contributed by atoms with Crippen molar-refractivity contribution in [3.05, 3.63) is 75.1 Å². The van der Waals surface area contributed by atoms with Gasteiger partial charge in [0.25, 0.3) is 17.4 Å². The van der Waals surface area contributed by atoms with Crippen LogP contribution in [0.3, 0.4) is 0 Å². The van der Waals surface area contributed by atoms with Crippen LogP contribution >= 0.6 is 11.8 Å². The molecule has 0 radical (unpaired) electrons. The monoisotopic (exact) mass is 703 g/mol. The van der Waals surface area contributed by atoms with Crippen molar-refractivity contribution in [3.8, 4) is 5.75 Å². The average molecular weight is 704 g/mol. The van der Waals surface area contributed by atoms with E-state index in [0.29, 0.717) is 47.2 Å². The predicted molar refractivity (Wildman–Crippen MR) is 184 cm³/mol. The van der Waals surface area contributed by atoms with Gasteiger partial charge in [-0.15, -0.1) is 0 Å². The molecule has 4 aliphatic heterocycles. The summed E-state index contributed by atoms with van der Waals surface area (Å²) in [5.74, 6) is -1.03. The molecule has 5 heterocycles. The van der Waals surface area contributed by atoms with Crippen molar-refractivity contribution >= 4 is 52.4 Å². The lowest BCUT2D eigenvalue weighted by molar-refractivity contribution is -0.136. The number of piperidine rings is 2. The van der Waals surface area contributed by atoms with Crippen molar-refractivity contribution in [2.24, 2.45) is 5.92 Å². The summed E-state index contributed by atoms with van der Waals surface area (Å²) >= 11 is 1.73. The quantitative estimate of drug-likeness (QED) is 0.300. The number of halogens is 1. The van der Waals surface area contributed by atoms with Gasteiger partial charge >= 0.3 is 0 Å². The zero-order chi connectivity index (χ0) is 34.8. The topological polar surface area (TPSA) is 151 Å². The van der Waals surface area contributed by atoms with Crippen molar-refractivity contribution in [2.45, 2.75) is 55.6 Å². The van der Waals surface area contributed by atoms with Gasteiger partial charge in [0.2, 0.25) is 11.8 Å². The van der Waals surface area contributed by atoms with E-state index in [4.69, 9.17) is 9.47 Å². The lowest BCUT2D eigenvalue weighted by Crippen LogP contribution is -2.54. The summed E-state index contributed by atoms with van der Waals surface area (Å²) in [6.45, 7) is 4.32. The van der Waals surface area contributed by atoms with Gasteiger partial charge in [0, 0.05) is 43.6 Å². The molecule has 3 saturated heterocycles. The minimum absolute atomic E-state index is 0.0623. The van der Waals surface area contributed by atoms with E-state index in [2.05, 4.69) is 20.2 Å². The number of benzene rings is 2. The number of fused-ring (bicyclic) bond motifs is 2. The standard InChI is InChI=1S/C36H38FN5O7S/c37-27-17-23(18-28-32(27)34(45)39-30(38-28)20-50-24-9-14-48-15-10-24)49-19-22-7-12-41(13-8-22)11-1-2-21-3-4-25-26(16-21)36(47)42(35(25)46)29-5-6-31(43)40-33(29)44/h1-4,16-18,22,24,29H,5-15,19-20H2,(H,38,39,45)(H,40,43,44)/b2-1+. The van der Waals surface area contributed by atoms with Gasteiger partial charge in [0.15, 0.2) is 0 Å². The summed E-state index contributed by atoms with van der Waals surface area (Å²) in [6, 6.07) is 6.94. The van der Waals surface area contributed by atoms with Gasteiger partial charge in [-0.2, -0.15) is 11.8 Å². The van der Waals surface area contributed by atoms with Crippen molar-refractivity contribution in [1.29, 1.82) is 0 Å². The molecule has 3 aromatic rings. The normalized spacial score (nSPS) is 21.0. The fourth-order valence-corrected chi connectivity index (χ4v) is 7.97. The minimum atomic E-state index is -0.992. The molecule has 0 aliphatic carbocycles. The maximum absolute atomic E-state index is 15.0. The fraction of sp³-hybridized carbons (Fsp3) is 0.444. The zero-order valence-electron chi connectivity index (χ0n) is 27.5. The third-order valence-corrected chi connectivity index (χ3v) is 11.1. The number of ether oxygens (including phenoxy) is 2. The van der Waals surface area contributed by atoms with Crippen LogP contribution in [-0.4, -0.2) is 94.1 Å². The molecular formula is C36H38FN5O7S. The van der Waals surface area contributed by atoms with Gasteiger partial charge in [-0.05, 0) is 68.8 Å². The van der Waals surface area contributed by atoms with Crippen LogP contribution in [0.2, 0.25) is 0 Å². The molecule has 262 valence electrons. The number of nitrogens with one attached hydrogen (secondary N) is 2. The molecule has 2 aromatic carbocycles. The molecule has 0 bridgehead atoms. The van der Waals surface area contributed by atoms with E-state index in [1.807, 2.05) is 12.2 Å². The Kier molecular flexibility index (Phi) is 10.1. The Bertz CT molecular complexity index is 1920. The summed E-state index contributed by atoms with van der Waals surface area (Å²) in [5.41, 5.74) is 1.07. The van der Waals surface area contributed by atoms with Crippen LogP contribution in [0.5, 0.6) is 5.75 Å². The Morgan fingerprint density at radius 1 is 0.980 bits per heavy atom. The first-order chi connectivity index (χ1) is 24.2. The number of carbonyl (C=O) groups is 4. The van der Waals surface area contributed by atoms with Crippen LogP contribution in [0, 0.1) is 11.7 Å². The number of amides is 4. The lowest BCUT2D eigenvalue weighted by atomic mass is 9.98.